The average molecular weight is 297 g/mol. The van der Waals surface area contributed by atoms with Gasteiger partial charge in [0.1, 0.15) is 0 Å². The van der Waals surface area contributed by atoms with Crippen molar-refractivity contribution >= 4 is 23.4 Å². The number of hydrogen-bond donors (Lipinski definition) is 0. The lowest BCUT2D eigenvalue weighted by atomic mass is 10.1. The summed E-state index contributed by atoms with van der Waals surface area (Å²) in [4.78, 5) is 3.93. The minimum Gasteiger partial charge on any atom is -0.303 e. The standard InChI is InChI=1S/C16H23ClNS/c17-15-7-9-16(10-8-15)19-14-6-2-5-13-18-11-3-1-4-12-18/h1,7-10H,2-6,11-14H2. The molecule has 3 heteroatoms. The number of hydrogen-bond acceptors (Lipinski definition) is 2. The van der Waals surface area contributed by atoms with Crippen LogP contribution in [-0.4, -0.2) is 30.3 Å². The van der Waals surface area contributed by atoms with Gasteiger partial charge in [0.15, 0.2) is 0 Å². The van der Waals surface area contributed by atoms with Crippen molar-refractivity contribution in [1.29, 1.82) is 0 Å². The van der Waals surface area contributed by atoms with Gasteiger partial charge in [-0.2, -0.15) is 0 Å². The maximum absolute atomic E-state index is 5.87. The summed E-state index contributed by atoms with van der Waals surface area (Å²) in [6.07, 6.45) is 8.99. The smallest absolute Gasteiger partial charge is 0.0406 e. The second-order valence-corrected chi connectivity index (χ2v) is 6.68. The Labute approximate surface area is 126 Å². The molecule has 0 saturated carbocycles. The Morgan fingerprint density at radius 1 is 1.00 bits per heavy atom. The first-order chi connectivity index (χ1) is 9.34. The predicted molar refractivity (Wildman–Crippen MR) is 86.0 cm³/mol. The molecule has 1 aliphatic rings. The second kappa shape index (κ2) is 8.89. The first kappa shape index (κ1) is 15.2. The molecule has 1 fully saturated rings. The van der Waals surface area contributed by atoms with Crippen molar-refractivity contribution < 1.29 is 0 Å². The highest BCUT2D eigenvalue weighted by atomic mass is 35.5. The van der Waals surface area contributed by atoms with Crippen LogP contribution in [0.2, 0.25) is 5.02 Å². The Balaban J connectivity index is 1.49. The first-order valence-corrected chi connectivity index (χ1v) is 8.63. The van der Waals surface area contributed by atoms with E-state index in [1.807, 2.05) is 23.9 Å². The number of halogens is 1. The number of likely N-dealkylation sites (tertiary alicyclic amines) is 1. The van der Waals surface area contributed by atoms with Gasteiger partial charge in [-0.3, -0.25) is 0 Å². The van der Waals surface area contributed by atoms with Gasteiger partial charge < -0.3 is 4.90 Å². The van der Waals surface area contributed by atoms with Crippen LogP contribution in [0.15, 0.2) is 29.2 Å². The Hall–Kier alpha value is -0.180. The van der Waals surface area contributed by atoms with Crippen LogP contribution in [0.4, 0.5) is 0 Å². The van der Waals surface area contributed by atoms with Crippen LogP contribution >= 0.6 is 23.4 Å². The molecule has 1 aliphatic heterocycles. The van der Waals surface area contributed by atoms with Gasteiger partial charge in [0.05, 0.1) is 0 Å². The summed E-state index contributed by atoms with van der Waals surface area (Å²) >= 11 is 7.81. The van der Waals surface area contributed by atoms with E-state index < -0.39 is 0 Å². The van der Waals surface area contributed by atoms with Crippen LogP contribution < -0.4 is 0 Å². The van der Waals surface area contributed by atoms with Gasteiger partial charge in [0, 0.05) is 9.92 Å². The van der Waals surface area contributed by atoms with Crippen LogP contribution in [0.5, 0.6) is 0 Å². The molecule has 1 radical (unpaired) electrons. The Morgan fingerprint density at radius 2 is 1.74 bits per heavy atom. The third-order valence-corrected chi connectivity index (χ3v) is 4.85. The number of nitrogens with zero attached hydrogens (tertiary/aromatic N) is 1. The Morgan fingerprint density at radius 3 is 2.47 bits per heavy atom. The monoisotopic (exact) mass is 296 g/mol. The van der Waals surface area contributed by atoms with E-state index in [2.05, 4.69) is 23.5 Å². The zero-order valence-electron chi connectivity index (χ0n) is 11.5. The normalized spacial score (nSPS) is 16.7. The number of rotatable bonds is 7. The molecule has 0 bridgehead atoms. The minimum atomic E-state index is 0.822. The highest BCUT2D eigenvalue weighted by Crippen LogP contribution is 2.21. The summed E-state index contributed by atoms with van der Waals surface area (Å²) < 4.78 is 0. The summed E-state index contributed by atoms with van der Waals surface area (Å²) in [6.45, 7) is 3.85. The highest BCUT2D eigenvalue weighted by Gasteiger charge is 2.08. The summed E-state index contributed by atoms with van der Waals surface area (Å²) in [7, 11) is 0. The summed E-state index contributed by atoms with van der Waals surface area (Å²) in [5.41, 5.74) is 0. The van der Waals surface area contributed by atoms with Crippen molar-refractivity contribution in [2.75, 3.05) is 25.4 Å². The van der Waals surface area contributed by atoms with E-state index >= 15 is 0 Å². The van der Waals surface area contributed by atoms with E-state index in [1.165, 1.54) is 62.4 Å². The van der Waals surface area contributed by atoms with Crippen LogP contribution in [0.25, 0.3) is 0 Å². The molecule has 1 aromatic rings. The number of unbranched alkanes of at least 4 members (excludes halogenated alkanes) is 2. The molecular weight excluding hydrogens is 274 g/mol. The summed E-state index contributed by atoms with van der Waals surface area (Å²) in [6, 6.07) is 8.16. The van der Waals surface area contributed by atoms with Gasteiger partial charge in [-0.15, -0.1) is 11.8 Å². The molecule has 0 atom stereocenters. The van der Waals surface area contributed by atoms with E-state index in [4.69, 9.17) is 11.6 Å². The molecule has 1 nitrogen and oxygen atoms in total. The molecule has 19 heavy (non-hydrogen) atoms. The topological polar surface area (TPSA) is 3.24 Å². The van der Waals surface area contributed by atoms with Gasteiger partial charge in [0.2, 0.25) is 0 Å². The van der Waals surface area contributed by atoms with E-state index in [1.54, 1.807) is 0 Å². The van der Waals surface area contributed by atoms with E-state index in [0.717, 1.165) is 5.02 Å². The first-order valence-electron chi connectivity index (χ1n) is 7.27. The van der Waals surface area contributed by atoms with Crippen molar-refractivity contribution in [3.8, 4) is 0 Å². The summed E-state index contributed by atoms with van der Waals surface area (Å²) in [5.74, 6) is 1.22. The number of thioether (sulfide) groups is 1. The maximum Gasteiger partial charge on any atom is 0.0406 e. The van der Waals surface area contributed by atoms with Crippen LogP contribution in [0.1, 0.15) is 32.1 Å². The molecule has 0 aromatic heterocycles. The van der Waals surface area contributed by atoms with Crippen molar-refractivity contribution in [2.45, 2.75) is 37.0 Å². The van der Waals surface area contributed by atoms with Crippen LogP contribution in [0, 0.1) is 6.42 Å². The molecule has 0 unspecified atom stereocenters. The molecule has 1 heterocycles. The van der Waals surface area contributed by atoms with Crippen LogP contribution in [-0.2, 0) is 0 Å². The van der Waals surface area contributed by atoms with Crippen molar-refractivity contribution in [1.82, 2.24) is 4.90 Å². The highest BCUT2D eigenvalue weighted by molar-refractivity contribution is 7.99. The lowest BCUT2D eigenvalue weighted by molar-refractivity contribution is 0.249. The van der Waals surface area contributed by atoms with E-state index in [-0.39, 0.29) is 0 Å². The molecule has 0 N–H and O–H groups in total. The second-order valence-electron chi connectivity index (χ2n) is 5.07. The van der Waals surface area contributed by atoms with Gasteiger partial charge in [-0.05, 0) is 81.8 Å². The molecule has 0 aliphatic carbocycles. The molecule has 0 amide bonds. The number of piperidine rings is 1. The average Bonchev–Trinajstić information content (AvgIpc) is 2.46. The molecular formula is C16H23ClNS. The molecule has 105 valence electrons. The largest absolute Gasteiger partial charge is 0.303 e. The SMILES string of the molecule is Clc1ccc(SCCCCCN2CC[CH]CC2)cc1. The van der Waals surface area contributed by atoms with Gasteiger partial charge in [-0.25, -0.2) is 0 Å². The van der Waals surface area contributed by atoms with Gasteiger partial charge in [0.25, 0.3) is 0 Å². The lowest BCUT2D eigenvalue weighted by Gasteiger charge is -2.26. The maximum atomic E-state index is 5.87. The van der Waals surface area contributed by atoms with E-state index in [0.29, 0.717) is 0 Å². The predicted octanol–water partition coefficient (Wildman–Crippen LogP) is 4.90. The Kier molecular flexibility index (Phi) is 7.11. The quantitative estimate of drug-likeness (QED) is 0.520. The molecule has 0 spiro atoms. The molecule has 1 aromatic carbocycles. The Bertz CT molecular complexity index is 346. The third kappa shape index (κ3) is 6.20. The van der Waals surface area contributed by atoms with E-state index in [9.17, 15) is 0 Å². The molecule has 1 saturated heterocycles. The fourth-order valence-electron chi connectivity index (χ4n) is 2.36. The summed E-state index contributed by atoms with van der Waals surface area (Å²) in [5, 5.41) is 0.822. The fourth-order valence-corrected chi connectivity index (χ4v) is 3.40. The fraction of sp³-hybridized carbons (Fsp3) is 0.562. The third-order valence-electron chi connectivity index (χ3n) is 3.50. The van der Waals surface area contributed by atoms with Gasteiger partial charge in [-0.1, -0.05) is 18.0 Å². The zero-order valence-corrected chi connectivity index (χ0v) is 13.1. The van der Waals surface area contributed by atoms with Crippen molar-refractivity contribution in [3.05, 3.63) is 35.7 Å². The molecule has 2 rings (SSSR count). The van der Waals surface area contributed by atoms with Gasteiger partial charge >= 0.3 is 0 Å². The lowest BCUT2D eigenvalue weighted by Crippen LogP contribution is -2.30. The zero-order chi connectivity index (χ0) is 13.3. The number of benzene rings is 1. The van der Waals surface area contributed by atoms with Crippen molar-refractivity contribution in [2.24, 2.45) is 0 Å². The van der Waals surface area contributed by atoms with Crippen molar-refractivity contribution in [3.63, 3.8) is 0 Å². The minimum absolute atomic E-state index is 0.822. The van der Waals surface area contributed by atoms with Crippen LogP contribution in [0.3, 0.4) is 0 Å².